The van der Waals surface area contributed by atoms with Gasteiger partial charge in [0.15, 0.2) is 0 Å². The van der Waals surface area contributed by atoms with E-state index in [0.29, 0.717) is 25.0 Å². The number of hydrogen-bond acceptors (Lipinski definition) is 5. The molecule has 1 aromatic carbocycles. The standard InChI is InChI=1S/C22H28N2O3/c25-21-7-6-20(23-13-21)16-27-9-8-24-14-18-11-22(26,12-19(18)15-24)10-17-4-2-1-3-5-17/h1-7,13,18-19,25-26H,8-12,14-16H2/t18-,19+,22-. The second-order valence-electron chi connectivity index (χ2n) is 8.14. The minimum Gasteiger partial charge on any atom is -0.506 e. The van der Waals surface area contributed by atoms with Crippen LogP contribution in [-0.4, -0.2) is 51.9 Å². The number of aromatic hydroxyl groups is 1. The van der Waals surface area contributed by atoms with Crippen LogP contribution in [0.25, 0.3) is 0 Å². The van der Waals surface area contributed by atoms with Crippen LogP contribution < -0.4 is 0 Å². The monoisotopic (exact) mass is 368 g/mol. The Morgan fingerprint density at radius 3 is 2.48 bits per heavy atom. The zero-order chi connectivity index (χ0) is 18.7. The van der Waals surface area contributed by atoms with Crippen molar-refractivity contribution in [2.24, 2.45) is 11.8 Å². The molecule has 2 aromatic rings. The molecule has 1 aliphatic heterocycles. The Kier molecular flexibility index (Phi) is 5.43. The summed E-state index contributed by atoms with van der Waals surface area (Å²) in [6.45, 7) is 4.18. The Morgan fingerprint density at radius 1 is 1.07 bits per heavy atom. The van der Waals surface area contributed by atoms with E-state index in [1.165, 1.54) is 11.8 Å². The maximum Gasteiger partial charge on any atom is 0.133 e. The normalized spacial score (nSPS) is 27.7. The van der Waals surface area contributed by atoms with Gasteiger partial charge in [-0.3, -0.25) is 4.98 Å². The quantitative estimate of drug-likeness (QED) is 0.736. The molecule has 1 saturated heterocycles. The van der Waals surface area contributed by atoms with Gasteiger partial charge >= 0.3 is 0 Å². The van der Waals surface area contributed by atoms with E-state index >= 15 is 0 Å². The van der Waals surface area contributed by atoms with Gasteiger partial charge in [0.2, 0.25) is 0 Å². The molecule has 0 bridgehead atoms. The first kappa shape index (κ1) is 18.4. The molecule has 1 saturated carbocycles. The first-order valence-electron chi connectivity index (χ1n) is 9.80. The average molecular weight is 368 g/mol. The van der Waals surface area contributed by atoms with Crippen LogP contribution in [0.4, 0.5) is 0 Å². The van der Waals surface area contributed by atoms with Crippen LogP contribution in [0.15, 0.2) is 48.7 Å². The average Bonchev–Trinajstić information content (AvgIpc) is 3.15. The molecular weight excluding hydrogens is 340 g/mol. The van der Waals surface area contributed by atoms with E-state index in [9.17, 15) is 10.2 Å². The number of fused-ring (bicyclic) bond motifs is 1. The van der Waals surface area contributed by atoms with Crippen LogP contribution in [-0.2, 0) is 17.8 Å². The molecule has 2 N–H and O–H groups in total. The van der Waals surface area contributed by atoms with E-state index in [2.05, 4.69) is 22.0 Å². The number of nitrogens with zero attached hydrogens (tertiary/aromatic N) is 2. The molecule has 3 atom stereocenters. The summed E-state index contributed by atoms with van der Waals surface area (Å²) < 4.78 is 5.73. The van der Waals surface area contributed by atoms with Crippen molar-refractivity contribution in [2.45, 2.75) is 31.5 Å². The minimum atomic E-state index is -0.538. The summed E-state index contributed by atoms with van der Waals surface area (Å²) in [6, 6.07) is 13.7. The molecule has 2 heterocycles. The zero-order valence-electron chi connectivity index (χ0n) is 15.6. The highest BCUT2D eigenvalue weighted by atomic mass is 16.5. The third-order valence-corrected chi connectivity index (χ3v) is 5.92. The summed E-state index contributed by atoms with van der Waals surface area (Å²) in [4.78, 5) is 6.59. The first-order valence-corrected chi connectivity index (χ1v) is 9.80. The Labute approximate surface area is 160 Å². The van der Waals surface area contributed by atoms with Crippen molar-refractivity contribution in [1.29, 1.82) is 0 Å². The second kappa shape index (κ2) is 7.97. The largest absolute Gasteiger partial charge is 0.506 e. The lowest BCUT2D eigenvalue weighted by molar-refractivity contribution is 0.0331. The maximum atomic E-state index is 11.0. The summed E-state index contributed by atoms with van der Waals surface area (Å²) in [5, 5.41) is 20.3. The molecule has 27 heavy (non-hydrogen) atoms. The minimum absolute atomic E-state index is 0.176. The van der Waals surface area contributed by atoms with Gasteiger partial charge in [0.25, 0.3) is 0 Å². The van der Waals surface area contributed by atoms with Crippen LogP contribution in [0.2, 0.25) is 0 Å². The number of aliphatic hydroxyl groups is 1. The van der Waals surface area contributed by atoms with Gasteiger partial charge in [0.05, 0.1) is 30.7 Å². The van der Waals surface area contributed by atoms with Crippen molar-refractivity contribution in [3.05, 3.63) is 59.9 Å². The summed E-state index contributed by atoms with van der Waals surface area (Å²) in [5.74, 6) is 1.37. The molecule has 0 radical (unpaired) electrons. The first-order chi connectivity index (χ1) is 13.1. The summed E-state index contributed by atoms with van der Waals surface area (Å²) in [7, 11) is 0. The van der Waals surface area contributed by atoms with Crippen molar-refractivity contribution in [3.8, 4) is 5.75 Å². The zero-order valence-corrected chi connectivity index (χ0v) is 15.6. The van der Waals surface area contributed by atoms with E-state index in [0.717, 1.165) is 44.6 Å². The predicted octanol–water partition coefficient (Wildman–Crippen LogP) is 2.62. The highest BCUT2D eigenvalue weighted by molar-refractivity contribution is 5.19. The topological polar surface area (TPSA) is 65.8 Å². The molecule has 144 valence electrons. The number of ether oxygens (including phenoxy) is 1. The van der Waals surface area contributed by atoms with Crippen molar-refractivity contribution < 1.29 is 14.9 Å². The highest BCUT2D eigenvalue weighted by Crippen LogP contribution is 2.45. The number of pyridine rings is 1. The molecule has 5 nitrogen and oxygen atoms in total. The lowest BCUT2D eigenvalue weighted by Crippen LogP contribution is -2.33. The smallest absolute Gasteiger partial charge is 0.133 e. The van der Waals surface area contributed by atoms with Gasteiger partial charge in [-0.05, 0) is 42.4 Å². The van der Waals surface area contributed by atoms with Gasteiger partial charge in [0.1, 0.15) is 5.75 Å². The molecule has 0 amide bonds. The molecule has 1 aromatic heterocycles. The van der Waals surface area contributed by atoms with Crippen LogP contribution in [0, 0.1) is 11.8 Å². The van der Waals surface area contributed by atoms with Crippen molar-refractivity contribution in [2.75, 3.05) is 26.2 Å². The maximum absolute atomic E-state index is 11.0. The molecule has 5 heteroatoms. The SMILES string of the molecule is Oc1ccc(COCCN2C[C@@H]3C[C@@](O)(Cc4ccccc4)C[C@@H]3C2)nc1. The Balaban J connectivity index is 1.19. The van der Waals surface area contributed by atoms with E-state index < -0.39 is 5.60 Å². The molecular formula is C22H28N2O3. The fourth-order valence-corrected chi connectivity index (χ4v) is 4.73. The lowest BCUT2D eigenvalue weighted by atomic mass is 9.91. The van der Waals surface area contributed by atoms with E-state index in [-0.39, 0.29) is 5.75 Å². The molecule has 2 aliphatic rings. The lowest BCUT2D eigenvalue weighted by Gasteiger charge is -2.26. The fourth-order valence-electron chi connectivity index (χ4n) is 4.73. The van der Waals surface area contributed by atoms with E-state index in [4.69, 9.17) is 4.74 Å². The van der Waals surface area contributed by atoms with Gasteiger partial charge in [0, 0.05) is 26.1 Å². The molecule has 4 rings (SSSR count). The van der Waals surface area contributed by atoms with Crippen molar-refractivity contribution >= 4 is 0 Å². The van der Waals surface area contributed by atoms with Crippen LogP contribution in [0.1, 0.15) is 24.1 Å². The van der Waals surface area contributed by atoms with Crippen LogP contribution >= 0.6 is 0 Å². The highest BCUT2D eigenvalue weighted by Gasteiger charge is 2.47. The Bertz CT molecular complexity index is 721. The Hall–Kier alpha value is -1.95. The predicted molar refractivity (Wildman–Crippen MR) is 103 cm³/mol. The van der Waals surface area contributed by atoms with Gasteiger partial charge < -0.3 is 19.8 Å². The van der Waals surface area contributed by atoms with Crippen molar-refractivity contribution in [1.82, 2.24) is 9.88 Å². The number of benzene rings is 1. The fraction of sp³-hybridized carbons (Fsp3) is 0.500. The number of aromatic nitrogens is 1. The summed E-state index contributed by atoms with van der Waals surface area (Å²) in [6.07, 6.45) is 4.02. The van der Waals surface area contributed by atoms with E-state index in [1.54, 1.807) is 12.1 Å². The number of rotatable bonds is 7. The third kappa shape index (κ3) is 4.67. The van der Waals surface area contributed by atoms with Crippen LogP contribution in [0.3, 0.4) is 0 Å². The molecule has 0 unspecified atom stereocenters. The third-order valence-electron chi connectivity index (χ3n) is 5.92. The van der Waals surface area contributed by atoms with Gasteiger partial charge in [-0.2, -0.15) is 0 Å². The summed E-state index contributed by atoms with van der Waals surface area (Å²) in [5.41, 5.74) is 1.52. The number of likely N-dealkylation sites (tertiary alicyclic amines) is 1. The van der Waals surface area contributed by atoms with Gasteiger partial charge in [-0.15, -0.1) is 0 Å². The van der Waals surface area contributed by atoms with Gasteiger partial charge in [-0.1, -0.05) is 30.3 Å². The Morgan fingerprint density at radius 2 is 1.81 bits per heavy atom. The second-order valence-corrected chi connectivity index (χ2v) is 8.14. The van der Waals surface area contributed by atoms with Gasteiger partial charge in [-0.25, -0.2) is 0 Å². The molecule has 2 fully saturated rings. The van der Waals surface area contributed by atoms with Crippen LogP contribution in [0.5, 0.6) is 5.75 Å². The molecule has 1 aliphatic carbocycles. The molecule has 0 spiro atoms. The number of hydrogen-bond donors (Lipinski definition) is 2. The summed E-state index contributed by atoms with van der Waals surface area (Å²) >= 11 is 0. The van der Waals surface area contributed by atoms with Crippen molar-refractivity contribution in [3.63, 3.8) is 0 Å². The van der Waals surface area contributed by atoms with E-state index in [1.807, 2.05) is 18.2 Å².